The minimum Gasteiger partial charge on any atom is -0.356 e. The monoisotopic (exact) mass is 537 g/mol. The van der Waals surface area contributed by atoms with E-state index >= 15 is 0 Å². The molecule has 4 rings (SSSR count). The van der Waals surface area contributed by atoms with Gasteiger partial charge in [-0.2, -0.15) is 0 Å². The number of carbonyl (C=O) groups excluding carboxylic acids is 3. The van der Waals surface area contributed by atoms with Crippen LogP contribution < -0.4 is 16.0 Å². The number of methoxy groups -OCH3 is 1. The summed E-state index contributed by atoms with van der Waals surface area (Å²) in [6.07, 6.45) is 1.33. The van der Waals surface area contributed by atoms with Gasteiger partial charge in [-0.05, 0) is 25.6 Å². The van der Waals surface area contributed by atoms with Crippen molar-refractivity contribution in [2.45, 2.75) is 37.9 Å². The summed E-state index contributed by atoms with van der Waals surface area (Å²) in [5, 5.41) is 18.9. The lowest BCUT2D eigenvalue weighted by atomic mass is 9.99. The molecule has 0 aliphatic carbocycles. The Bertz CT molecular complexity index is 1110. The number of aromatic nitrogens is 2. The summed E-state index contributed by atoms with van der Waals surface area (Å²) in [4.78, 5) is 51.5. The summed E-state index contributed by atoms with van der Waals surface area (Å²) in [5.41, 5.74) is 0.931. The summed E-state index contributed by atoms with van der Waals surface area (Å²) < 4.78 is 5.01. The van der Waals surface area contributed by atoms with Gasteiger partial charge in [0, 0.05) is 50.8 Å². The van der Waals surface area contributed by atoms with E-state index in [0.717, 1.165) is 30.1 Å². The molecule has 2 aromatic rings. The van der Waals surface area contributed by atoms with Gasteiger partial charge in [0.05, 0.1) is 22.8 Å². The van der Waals surface area contributed by atoms with Crippen molar-refractivity contribution in [3.8, 4) is 0 Å². The largest absolute Gasteiger partial charge is 0.356 e. The molecular formula is C22H28ClN7O5S. The summed E-state index contributed by atoms with van der Waals surface area (Å²) in [5.74, 6) is -1.96. The van der Waals surface area contributed by atoms with Crippen LogP contribution in [0.2, 0.25) is 5.02 Å². The molecule has 0 spiro atoms. The predicted molar refractivity (Wildman–Crippen MR) is 132 cm³/mol. The first-order valence-corrected chi connectivity index (χ1v) is 12.6. The number of likely N-dealkylation sites (N-methyl/N-ethyl adjacent to an activating group) is 1. The number of aliphatic hydroxyl groups excluding tert-OH is 1. The van der Waals surface area contributed by atoms with Crippen molar-refractivity contribution < 1.29 is 24.2 Å². The van der Waals surface area contributed by atoms with Crippen molar-refractivity contribution in [3.05, 3.63) is 38.9 Å². The molecule has 2 aliphatic heterocycles. The average Bonchev–Trinajstić information content (AvgIpc) is 3.29. The Balaban J connectivity index is 1.43. The quantitative estimate of drug-likeness (QED) is 0.296. The first-order chi connectivity index (χ1) is 17.2. The van der Waals surface area contributed by atoms with Crippen LogP contribution in [0.4, 0.5) is 5.82 Å². The first kappa shape index (κ1) is 26.4. The zero-order valence-corrected chi connectivity index (χ0v) is 21.4. The number of ether oxygens (including phenoxy) is 1. The van der Waals surface area contributed by atoms with Gasteiger partial charge in [-0.15, -0.1) is 11.3 Å². The van der Waals surface area contributed by atoms with Crippen LogP contribution in [0.5, 0.6) is 0 Å². The third-order valence-corrected chi connectivity index (χ3v) is 7.40. The van der Waals surface area contributed by atoms with Gasteiger partial charge in [0.25, 0.3) is 5.91 Å². The standard InChI is InChI=1S/C22H28ClN7O5S/c1-29-7-5-14-16(11-29)36-21(27-14)20(33)26-15-10-30(22(34)35-2)8-6-13(15)25-18(31)19(32)28-17-4-3-12(23)9-24-17/h3-4,9,13,15,22,34H,5-8,10-11H2,1-2H3,(H,25,31)(H,26,33)(H,24,28,32)/t13-,15+,22?/m0/s1. The second-order valence-corrected chi connectivity index (χ2v) is 10.2. The molecule has 1 unspecified atom stereocenters. The van der Waals surface area contributed by atoms with Crippen LogP contribution in [0.15, 0.2) is 18.3 Å². The Kier molecular flexibility index (Phi) is 8.49. The molecule has 12 nitrogen and oxygen atoms in total. The van der Waals surface area contributed by atoms with Crippen LogP contribution in [0.1, 0.15) is 26.8 Å². The Morgan fingerprint density at radius 1 is 1.22 bits per heavy atom. The molecule has 4 heterocycles. The number of hydrogen-bond acceptors (Lipinski definition) is 10. The van der Waals surface area contributed by atoms with Crippen molar-refractivity contribution in [1.82, 2.24) is 30.4 Å². The van der Waals surface area contributed by atoms with Gasteiger partial charge < -0.3 is 30.7 Å². The third kappa shape index (κ3) is 6.35. The number of amides is 3. The number of piperidine rings is 1. The highest BCUT2D eigenvalue weighted by Gasteiger charge is 2.36. The lowest BCUT2D eigenvalue weighted by Crippen LogP contribution is -2.63. The topological polar surface area (TPSA) is 149 Å². The maximum absolute atomic E-state index is 13.1. The average molecular weight is 538 g/mol. The number of halogens is 1. The second kappa shape index (κ2) is 11.6. The second-order valence-electron chi connectivity index (χ2n) is 8.70. The minimum atomic E-state index is -1.16. The number of anilines is 1. The number of nitrogens with one attached hydrogen (secondary N) is 3. The van der Waals surface area contributed by atoms with Gasteiger partial charge in [-0.1, -0.05) is 11.6 Å². The van der Waals surface area contributed by atoms with Crippen LogP contribution >= 0.6 is 22.9 Å². The van der Waals surface area contributed by atoms with Crippen LogP contribution in [-0.2, 0) is 27.3 Å². The molecule has 1 saturated heterocycles. The Hall–Kier alpha value is -2.68. The van der Waals surface area contributed by atoms with Crippen molar-refractivity contribution in [2.75, 3.05) is 39.1 Å². The van der Waals surface area contributed by atoms with E-state index in [1.165, 1.54) is 30.7 Å². The predicted octanol–water partition coefficient (Wildman–Crippen LogP) is 0.0293. The fourth-order valence-electron chi connectivity index (χ4n) is 4.15. The number of nitrogens with zero attached hydrogens (tertiary/aromatic N) is 4. The number of rotatable bonds is 6. The maximum Gasteiger partial charge on any atom is 0.314 e. The van der Waals surface area contributed by atoms with Crippen LogP contribution in [0.25, 0.3) is 0 Å². The van der Waals surface area contributed by atoms with Crippen molar-refractivity contribution in [2.24, 2.45) is 0 Å². The zero-order valence-electron chi connectivity index (χ0n) is 19.9. The number of fused-ring (bicyclic) bond motifs is 1. The fraction of sp³-hybridized carbons (Fsp3) is 0.500. The van der Waals surface area contributed by atoms with Gasteiger partial charge in [-0.3, -0.25) is 19.3 Å². The molecule has 2 aromatic heterocycles. The van der Waals surface area contributed by atoms with E-state index in [9.17, 15) is 19.5 Å². The number of aliphatic hydroxyl groups is 1. The van der Waals surface area contributed by atoms with E-state index in [0.29, 0.717) is 23.0 Å². The number of pyridine rings is 1. The number of hydrogen-bond donors (Lipinski definition) is 4. The lowest BCUT2D eigenvalue weighted by Gasteiger charge is -2.40. The highest BCUT2D eigenvalue weighted by molar-refractivity contribution is 7.13. The molecular weight excluding hydrogens is 510 g/mol. The smallest absolute Gasteiger partial charge is 0.314 e. The normalized spacial score (nSPS) is 21.3. The van der Waals surface area contributed by atoms with E-state index in [-0.39, 0.29) is 18.3 Å². The third-order valence-electron chi connectivity index (χ3n) is 6.09. The molecule has 0 bridgehead atoms. The number of thiazole rings is 1. The SMILES string of the molecule is COC(O)N1CC[C@H](NC(=O)C(=O)Nc2ccc(Cl)cn2)[C@H](NC(=O)c2nc3c(s2)CN(C)CC3)C1. The molecule has 0 saturated carbocycles. The van der Waals surface area contributed by atoms with E-state index in [2.05, 4.69) is 30.8 Å². The van der Waals surface area contributed by atoms with Crippen LogP contribution in [0.3, 0.4) is 0 Å². The Morgan fingerprint density at radius 2 is 2.03 bits per heavy atom. The summed E-state index contributed by atoms with van der Waals surface area (Å²) in [7, 11) is 3.39. The first-order valence-electron chi connectivity index (χ1n) is 11.4. The van der Waals surface area contributed by atoms with Crippen molar-refractivity contribution in [1.29, 1.82) is 0 Å². The minimum absolute atomic E-state index is 0.181. The molecule has 36 heavy (non-hydrogen) atoms. The van der Waals surface area contributed by atoms with Crippen molar-refractivity contribution >= 4 is 46.5 Å². The van der Waals surface area contributed by atoms with E-state index in [1.807, 2.05) is 7.05 Å². The van der Waals surface area contributed by atoms with Crippen LogP contribution in [-0.4, -0.2) is 94.9 Å². The molecule has 194 valence electrons. The molecule has 4 N–H and O–H groups in total. The highest BCUT2D eigenvalue weighted by atomic mass is 35.5. The number of likely N-dealkylation sites (tertiary alicyclic amines) is 1. The van der Waals surface area contributed by atoms with Crippen LogP contribution in [0, 0.1) is 0 Å². The zero-order chi connectivity index (χ0) is 25.8. The number of carbonyl (C=O) groups is 3. The van der Waals surface area contributed by atoms with E-state index < -0.39 is 30.3 Å². The maximum atomic E-state index is 13.1. The highest BCUT2D eigenvalue weighted by Crippen LogP contribution is 2.25. The molecule has 2 aliphatic rings. The Morgan fingerprint density at radius 3 is 2.75 bits per heavy atom. The summed E-state index contributed by atoms with van der Waals surface area (Å²) in [6.45, 7) is 2.20. The van der Waals surface area contributed by atoms with Crippen molar-refractivity contribution in [3.63, 3.8) is 0 Å². The molecule has 0 aromatic carbocycles. The molecule has 14 heteroatoms. The Labute approximate surface area is 217 Å². The molecule has 0 radical (unpaired) electrons. The molecule has 1 fully saturated rings. The summed E-state index contributed by atoms with van der Waals surface area (Å²) >= 11 is 7.15. The van der Waals surface area contributed by atoms with Gasteiger partial charge in [0.1, 0.15) is 5.82 Å². The van der Waals surface area contributed by atoms with Gasteiger partial charge in [-0.25, -0.2) is 9.97 Å². The summed E-state index contributed by atoms with van der Waals surface area (Å²) in [6, 6.07) is 1.85. The lowest BCUT2D eigenvalue weighted by molar-refractivity contribution is -0.184. The van der Waals surface area contributed by atoms with Gasteiger partial charge in [0.2, 0.25) is 6.41 Å². The van der Waals surface area contributed by atoms with E-state index in [1.54, 1.807) is 11.0 Å². The fourth-order valence-corrected chi connectivity index (χ4v) is 5.36. The van der Waals surface area contributed by atoms with Gasteiger partial charge >= 0.3 is 11.8 Å². The van der Waals surface area contributed by atoms with E-state index in [4.69, 9.17) is 16.3 Å². The molecule has 3 amide bonds. The molecule has 3 atom stereocenters. The van der Waals surface area contributed by atoms with Gasteiger partial charge in [0.15, 0.2) is 5.01 Å².